The predicted octanol–water partition coefficient (Wildman–Crippen LogP) is 2.89. The molecule has 1 rings (SSSR count). The molecule has 1 aromatic rings. The summed E-state index contributed by atoms with van der Waals surface area (Å²) in [6.45, 7) is 3.45. The van der Waals surface area contributed by atoms with Crippen LogP contribution in [0.5, 0.6) is 0 Å². The molecule has 2 nitrogen and oxygen atoms in total. The van der Waals surface area contributed by atoms with Crippen molar-refractivity contribution in [3.8, 4) is 17.9 Å². The Labute approximate surface area is 106 Å². The van der Waals surface area contributed by atoms with Gasteiger partial charge in [-0.3, -0.25) is 4.79 Å². The Hall–Kier alpha value is -1.71. The van der Waals surface area contributed by atoms with Crippen molar-refractivity contribution < 1.29 is 4.79 Å². The molecule has 0 saturated carbocycles. The molecule has 0 aliphatic rings. The van der Waals surface area contributed by atoms with Gasteiger partial charge in [0.15, 0.2) is 5.12 Å². The number of nitrogens with zero attached hydrogens (tertiary/aromatic N) is 1. The smallest absolute Gasteiger partial charge is 0.185 e. The highest BCUT2D eigenvalue weighted by molar-refractivity contribution is 8.13. The Morgan fingerprint density at radius 1 is 1.47 bits per heavy atom. The van der Waals surface area contributed by atoms with E-state index < -0.39 is 0 Å². The Balaban J connectivity index is 2.61. The molecule has 3 heteroatoms. The van der Waals surface area contributed by atoms with E-state index in [1.165, 1.54) is 11.8 Å². The van der Waals surface area contributed by atoms with Crippen molar-refractivity contribution in [1.29, 1.82) is 5.26 Å². The van der Waals surface area contributed by atoms with E-state index in [-0.39, 0.29) is 5.12 Å². The van der Waals surface area contributed by atoms with Gasteiger partial charge in [0, 0.05) is 24.7 Å². The molecule has 0 atom stereocenters. The molecule has 0 saturated heterocycles. The number of hydrogen-bond donors (Lipinski definition) is 0. The van der Waals surface area contributed by atoms with Gasteiger partial charge in [-0.1, -0.05) is 29.7 Å². The molecule has 0 radical (unpaired) electrons. The van der Waals surface area contributed by atoms with Crippen LogP contribution in [0.25, 0.3) is 0 Å². The van der Waals surface area contributed by atoms with Crippen LogP contribution in [0.4, 0.5) is 0 Å². The molecule has 17 heavy (non-hydrogen) atoms. The number of carbonyl (C=O) groups excluding carboxylic acids is 1. The van der Waals surface area contributed by atoms with Crippen LogP contribution < -0.4 is 0 Å². The molecule has 0 unspecified atom stereocenters. The lowest BCUT2D eigenvalue weighted by molar-refractivity contribution is -0.109. The van der Waals surface area contributed by atoms with Crippen LogP contribution in [-0.2, 0) is 4.79 Å². The monoisotopic (exact) mass is 243 g/mol. The normalized spacial score (nSPS) is 9.00. The topological polar surface area (TPSA) is 40.9 Å². The second-order valence-corrected chi connectivity index (χ2v) is 4.81. The Kier molecular flexibility index (Phi) is 5.33. The zero-order chi connectivity index (χ0) is 12.7. The quantitative estimate of drug-likeness (QED) is 0.592. The van der Waals surface area contributed by atoms with Gasteiger partial charge in [0.05, 0.1) is 11.6 Å². The third-order valence-electron chi connectivity index (χ3n) is 2.12. The first-order chi connectivity index (χ1) is 8.13. The molecular weight excluding hydrogens is 230 g/mol. The number of nitriles is 1. The first kappa shape index (κ1) is 13.4. The van der Waals surface area contributed by atoms with Crippen LogP contribution in [0, 0.1) is 30.1 Å². The van der Waals surface area contributed by atoms with E-state index >= 15 is 0 Å². The number of hydrogen-bond acceptors (Lipinski definition) is 3. The maximum Gasteiger partial charge on any atom is 0.185 e. The summed E-state index contributed by atoms with van der Waals surface area (Å²) in [6.07, 6.45) is 0.681. The fraction of sp³-hybridized carbons (Fsp3) is 0.286. The van der Waals surface area contributed by atoms with Crippen molar-refractivity contribution in [3.63, 3.8) is 0 Å². The van der Waals surface area contributed by atoms with Crippen molar-refractivity contribution in [2.45, 2.75) is 20.3 Å². The van der Waals surface area contributed by atoms with E-state index in [0.717, 1.165) is 16.9 Å². The summed E-state index contributed by atoms with van der Waals surface area (Å²) in [5, 5.41) is 8.99. The zero-order valence-corrected chi connectivity index (χ0v) is 10.7. The fourth-order valence-electron chi connectivity index (χ4n) is 1.23. The number of aryl methyl sites for hydroxylation is 1. The SMILES string of the molecule is CC(=O)SCCC#Cc1ccc(C)c(C#N)c1. The van der Waals surface area contributed by atoms with Crippen LogP contribution in [0.1, 0.15) is 30.0 Å². The third kappa shape index (κ3) is 4.76. The van der Waals surface area contributed by atoms with Gasteiger partial charge < -0.3 is 0 Å². The van der Waals surface area contributed by atoms with Gasteiger partial charge in [0.1, 0.15) is 0 Å². The summed E-state index contributed by atoms with van der Waals surface area (Å²) in [5.41, 5.74) is 2.47. The lowest BCUT2D eigenvalue weighted by Gasteiger charge is -1.96. The highest BCUT2D eigenvalue weighted by atomic mass is 32.2. The summed E-state index contributed by atoms with van der Waals surface area (Å²) < 4.78 is 0. The summed E-state index contributed by atoms with van der Waals surface area (Å²) in [5.74, 6) is 6.71. The molecule has 0 aliphatic carbocycles. The summed E-state index contributed by atoms with van der Waals surface area (Å²) >= 11 is 1.28. The minimum Gasteiger partial charge on any atom is -0.288 e. The van der Waals surface area contributed by atoms with Crippen molar-refractivity contribution in [3.05, 3.63) is 34.9 Å². The van der Waals surface area contributed by atoms with E-state index in [0.29, 0.717) is 12.0 Å². The minimum absolute atomic E-state index is 0.119. The van der Waals surface area contributed by atoms with Gasteiger partial charge in [-0.15, -0.1) is 0 Å². The predicted molar refractivity (Wildman–Crippen MR) is 70.5 cm³/mol. The van der Waals surface area contributed by atoms with Gasteiger partial charge in [-0.05, 0) is 24.6 Å². The summed E-state index contributed by atoms with van der Waals surface area (Å²) in [7, 11) is 0. The van der Waals surface area contributed by atoms with Gasteiger partial charge >= 0.3 is 0 Å². The molecule has 0 fully saturated rings. The van der Waals surface area contributed by atoms with Crippen molar-refractivity contribution in [2.75, 3.05) is 5.75 Å². The lowest BCUT2D eigenvalue weighted by atomic mass is 10.1. The fourth-order valence-corrected chi connectivity index (χ4v) is 1.72. The standard InChI is InChI=1S/C14H13NOS/c1-11-6-7-13(9-14(11)10-15)5-3-4-8-17-12(2)16/h6-7,9H,4,8H2,1-2H3. The number of benzene rings is 1. The van der Waals surface area contributed by atoms with Crippen molar-refractivity contribution in [1.82, 2.24) is 0 Å². The molecule has 1 aromatic carbocycles. The molecule has 0 N–H and O–H groups in total. The average Bonchev–Trinajstić information content (AvgIpc) is 2.30. The van der Waals surface area contributed by atoms with E-state index in [4.69, 9.17) is 5.26 Å². The molecular formula is C14H13NOS. The largest absolute Gasteiger partial charge is 0.288 e. The Morgan fingerprint density at radius 3 is 2.88 bits per heavy atom. The first-order valence-corrected chi connectivity index (χ1v) is 6.25. The summed E-state index contributed by atoms with van der Waals surface area (Å²) in [6, 6.07) is 7.73. The van der Waals surface area contributed by atoms with Crippen LogP contribution in [0.3, 0.4) is 0 Å². The van der Waals surface area contributed by atoms with E-state index in [1.807, 2.05) is 19.1 Å². The van der Waals surface area contributed by atoms with Crippen LogP contribution in [0.2, 0.25) is 0 Å². The molecule has 0 aromatic heterocycles. The van der Waals surface area contributed by atoms with E-state index in [2.05, 4.69) is 17.9 Å². The number of thioether (sulfide) groups is 1. The first-order valence-electron chi connectivity index (χ1n) is 5.26. The molecule has 86 valence electrons. The maximum absolute atomic E-state index is 10.7. The molecule has 0 bridgehead atoms. The molecule has 0 aliphatic heterocycles. The Morgan fingerprint density at radius 2 is 2.24 bits per heavy atom. The average molecular weight is 243 g/mol. The van der Waals surface area contributed by atoms with Crippen LogP contribution in [0.15, 0.2) is 18.2 Å². The van der Waals surface area contributed by atoms with Gasteiger partial charge in [0.25, 0.3) is 0 Å². The lowest BCUT2D eigenvalue weighted by Crippen LogP contribution is -1.85. The number of rotatable bonds is 2. The summed E-state index contributed by atoms with van der Waals surface area (Å²) in [4.78, 5) is 10.7. The molecule has 0 spiro atoms. The highest BCUT2D eigenvalue weighted by Crippen LogP contribution is 2.09. The third-order valence-corrected chi connectivity index (χ3v) is 2.94. The van der Waals surface area contributed by atoms with Crippen LogP contribution >= 0.6 is 11.8 Å². The van der Waals surface area contributed by atoms with E-state index in [9.17, 15) is 4.79 Å². The molecule has 0 amide bonds. The van der Waals surface area contributed by atoms with E-state index in [1.54, 1.807) is 13.0 Å². The molecule has 0 heterocycles. The van der Waals surface area contributed by atoms with Crippen LogP contribution in [-0.4, -0.2) is 10.9 Å². The van der Waals surface area contributed by atoms with Crippen molar-refractivity contribution >= 4 is 16.9 Å². The number of carbonyl (C=O) groups is 1. The highest BCUT2D eigenvalue weighted by Gasteiger charge is 1.96. The van der Waals surface area contributed by atoms with Gasteiger partial charge in [-0.2, -0.15) is 5.26 Å². The van der Waals surface area contributed by atoms with Gasteiger partial charge in [-0.25, -0.2) is 0 Å². The maximum atomic E-state index is 10.7. The van der Waals surface area contributed by atoms with Crippen molar-refractivity contribution in [2.24, 2.45) is 0 Å². The zero-order valence-electron chi connectivity index (χ0n) is 9.91. The second kappa shape index (κ2) is 6.78. The Bertz CT molecular complexity index is 517. The second-order valence-electron chi connectivity index (χ2n) is 3.53. The minimum atomic E-state index is 0.119. The van der Waals surface area contributed by atoms with Gasteiger partial charge in [0.2, 0.25) is 0 Å².